The topological polar surface area (TPSA) is 24.5 Å². The number of hydrogen-bond donors (Lipinski definition) is 1. The van der Waals surface area contributed by atoms with Crippen molar-refractivity contribution < 1.29 is 4.74 Å². The van der Waals surface area contributed by atoms with Crippen molar-refractivity contribution in [3.63, 3.8) is 0 Å². The van der Waals surface area contributed by atoms with E-state index in [-0.39, 0.29) is 0 Å². The Labute approximate surface area is 129 Å². The molecule has 0 saturated carbocycles. The van der Waals surface area contributed by atoms with Gasteiger partial charge in [0, 0.05) is 48.7 Å². The zero-order valence-electron chi connectivity index (χ0n) is 13.7. The van der Waals surface area contributed by atoms with E-state index in [2.05, 4.69) is 49.7 Å². The van der Waals surface area contributed by atoms with E-state index in [9.17, 15) is 0 Å². The molecule has 2 heterocycles. The summed E-state index contributed by atoms with van der Waals surface area (Å²) in [5.41, 5.74) is 0.344. The molecular formula is C16H32N2OS. The number of nitrogens with one attached hydrogen (secondary N) is 1. The molecule has 3 atom stereocenters. The number of ether oxygens (including phenoxy) is 1. The fraction of sp³-hybridized carbons (Fsp3) is 1.00. The lowest BCUT2D eigenvalue weighted by Crippen LogP contribution is -2.50. The summed E-state index contributed by atoms with van der Waals surface area (Å²) in [6.45, 7) is 17.1. The van der Waals surface area contributed by atoms with Crippen molar-refractivity contribution in [1.29, 1.82) is 0 Å². The monoisotopic (exact) mass is 300 g/mol. The predicted octanol–water partition coefficient (Wildman–Crippen LogP) is 2.46. The van der Waals surface area contributed by atoms with Crippen molar-refractivity contribution in [2.75, 3.05) is 45.9 Å². The number of thioether (sulfide) groups is 1. The second-order valence-corrected chi connectivity index (χ2v) is 9.16. The maximum atomic E-state index is 5.74. The molecule has 2 aliphatic rings. The van der Waals surface area contributed by atoms with E-state index in [1.165, 1.54) is 26.1 Å². The van der Waals surface area contributed by atoms with Gasteiger partial charge < -0.3 is 15.0 Å². The molecule has 0 radical (unpaired) electrons. The summed E-state index contributed by atoms with van der Waals surface area (Å²) >= 11 is 2.14. The molecule has 0 aromatic rings. The Morgan fingerprint density at radius 1 is 1.30 bits per heavy atom. The fourth-order valence-corrected chi connectivity index (χ4v) is 4.87. The van der Waals surface area contributed by atoms with Crippen LogP contribution < -0.4 is 5.32 Å². The van der Waals surface area contributed by atoms with Gasteiger partial charge in [-0.05, 0) is 18.9 Å². The highest BCUT2D eigenvalue weighted by atomic mass is 32.2. The molecule has 0 aliphatic carbocycles. The summed E-state index contributed by atoms with van der Waals surface area (Å²) in [5.74, 6) is 0.723. The summed E-state index contributed by atoms with van der Waals surface area (Å²) in [7, 11) is 0. The number of nitrogens with zero attached hydrogens (tertiary/aromatic N) is 1. The Morgan fingerprint density at radius 2 is 2.00 bits per heavy atom. The minimum absolute atomic E-state index is 0.344. The van der Waals surface area contributed by atoms with Gasteiger partial charge in [0.05, 0.1) is 6.61 Å². The van der Waals surface area contributed by atoms with E-state index in [0.717, 1.165) is 42.7 Å². The Morgan fingerprint density at radius 3 is 2.55 bits per heavy atom. The van der Waals surface area contributed by atoms with Crippen LogP contribution in [0, 0.1) is 11.3 Å². The molecule has 0 amide bonds. The van der Waals surface area contributed by atoms with E-state index in [1.807, 2.05) is 0 Å². The van der Waals surface area contributed by atoms with Crippen molar-refractivity contribution in [1.82, 2.24) is 10.2 Å². The maximum Gasteiger partial charge on any atom is 0.0547 e. The third-order valence-corrected chi connectivity index (χ3v) is 5.52. The lowest BCUT2D eigenvalue weighted by molar-refractivity contribution is 0.107. The molecular weight excluding hydrogens is 268 g/mol. The highest BCUT2D eigenvalue weighted by molar-refractivity contribution is 8.00. The van der Waals surface area contributed by atoms with Gasteiger partial charge in [0.25, 0.3) is 0 Å². The van der Waals surface area contributed by atoms with Crippen molar-refractivity contribution in [3.8, 4) is 0 Å². The zero-order valence-corrected chi connectivity index (χ0v) is 14.5. The van der Waals surface area contributed by atoms with Crippen molar-refractivity contribution in [2.24, 2.45) is 11.3 Å². The van der Waals surface area contributed by atoms with Crippen LogP contribution in [0.15, 0.2) is 0 Å². The molecule has 0 spiro atoms. The van der Waals surface area contributed by atoms with Crippen molar-refractivity contribution in [3.05, 3.63) is 0 Å². The quantitative estimate of drug-likeness (QED) is 0.814. The molecule has 0 aromatic carbocycles. The molecule has 0 aromatic heterocycles. The van der Waals surface area contributed by atoms with Crippen molar-refractivity contribution in [2.45, 2.75) is 44.6 Å². The summed E-state index contributed by atoms with van der Waals surface area (Å²) in [5, 5.41) is 5.20. The summed E-state index contributed by atoms with van der Waals surface area (Å²) in [6, 6.07) is 0. The van der Waals surface area contributed by atoms with Gasteiger partial charge in [-0.15, -0.1) is 0 Å². The standard InChI is InChI=1S/C16H32N2OS/c1-13(2)7-17-10-16(5-6-19-12-16)11-18-8-14(3)20-15(4)9-18/h13-15,17H,5-12H2,1-4H3. The first-order chi connectivity index (χ1) is 9.49. The molecule has 2 aliphatic heterocycles. The zero-order chi connectivity index (χ0) is 14.6. The van der Waals surface area contributed by atoms with Crippen LogP contribution in [0.5, 0.6) is 0 Å². The van der Waals surface area contributed by atoms with Crippen LogP contribution >= 0.6 is 11.8 Å². The highest BCUT2D eigenvalue weighted by Gasteiger charge is 2.37. The van der Waals surface area contributed by atoms with E-state index in [4.69, 9.17) is 4.74 Å². The molecule has 3 unspecified atom stereocenters. The van der Waals surface area contributed by atoms with E-state index in [0.29, 0.717) is 5.41 Å². The minimum atomic E-state index is 0.344. The van der Waals surface area contributed by atoms with Gasteiger partial charge in [-0.25, -0.2) is 0 Å². The fourth-order valence-electron chi connectivity index (χ4n) is 3.48. The van der Waals surface area contributed by atoms with Crippen molar-refractivity contribution >= 4 is 11.8 Å². The third-order valence-electron chi connectivity index (χ3n) is 4.29. The first-order valence-corrected chi connectivity index (χ1v) is 9.10. The lowest BCUT2D eigenvalue weighted by Gasteiger charge is -2.40. The Kier molecular flexibility index (Phi) is 6.21. The maximum absolute atomic E-state index is 5.74. The van der Waals surface area contributed by atoms with Crippen LogP contribution in [0.4, 0.5) is 0 Å². The highest BCUT2D eigenvalue weighted by Crippen LogP contribution is 2.32. The van der Waals surface area contributed by atoms with Gasteiger partial charge in [0.15, 0.2) is 0 Å². The molecule has 0 bridgehead atoms. The van der Waals surface area contributed by atoms with Gasteiger partial charge in [0.1, 0.15) is 0 Å². The van der Waals surface area contributed by atoms with Crippen LogP contribution in [0.1, 0.15) is 34.1 Å². The summed E-state index contributed by atoms with van der Waals surface area (Å²) in [6.07, 6.45) is 1.21. The van der Waals surface area contributed by atoms with Gasteiger partial charge in [-0.3, -0.25) is 0 Å². The molecule has 20 heavy (non-hydrogen) atoms. The molecule has 1 N–H and O–H groups in total. The number of hydrogen-bond acceptors (Lipinski definition) is 4. The molecule has 2 saturated heterocycles. The Bertz CT molecular complexity index is 282. The normalized spacial score (nSPS) is 35.9. The largest absolute Gasteiger partial charge is 0.381 e. The van der Waals surface area contributed by atoms with E-state index < -0.39 is 0 Å². The van der Waals surface area contributed by atoms with Crippen LogP contribution in [0.2, 0.25) is 0 Å². The average molecular weight is 301 g/mol. The van der Waals surface area contributed by atoms with Gasteiger partial charge >= 0.3 is 0 Å². The van der Waals surface area contributed by atoms with Crippen LogP contribution in [-0.4, -0.2) is 61.3 Å². The van der Waals surface area contributed by atoms with E-state index >= 15 is 0 Å². The average Bonchev–Trinajstić information content (AvgIpc) is 2.75. The van der Waals surface area contributed by atoms with Gasteiger partial charge in [-0.1, -0.05) is 27.7 Å². The van der Waals surface area contributed by atoms with Crippen LogP contribution in [0.3, 0.4) is 0 Å². The Hall–Kier alpha value is 0.230. The predicted molar refractivity (Wildman–Crippen MR) is 88.5 cm³/mol. The second kappa shape index (κ2) is 7.48. The summed E-state index contributed by atoms with van der Waals surface area (Å²) < 4.78 is 5.74. The van der Waals surface area contributed by atoms with Gasteiger partial charge in [0.2, 0.25) is 0 Å². The molecule has 118 valence electrons. The van der Waals surface area contributed by atoms with Crippen LogP contribution in [0.25, 0.3) is 0 Å². The molecule has 2 fully saturated rings. The number of rotatable bonds is 6. The molecule has 3 nitrogen and oxygen atoms in total. The first kappa shape index (κ1) is 16.6. The summed E-state index contributed by atoms with van der Waals surface area (Å²) in [4.78, 5) is 2.68. The van der Waals surface area contributed by atoms with Crippen LogP contribution in [-0.2, 0) is 4.74 Å². The second-order valence-electron chi connectivity index (χ2n) is 7.28. The smallest absolute Gasteiger partial charge is 0.0547 e. The Balaban J connectivity index is 1.87. The lowest BCUT2D eigenvalue weighted by atomic mass is 9.86. The SMILES string of the molecule is CC(C)CNCC1(CN2CC(C)SC(C)C2)CCOC1. The minimum Gasteiger partial charge on any atom is -0.381 e. The first-order valence-electron chi connectivity index (χ1n) is 8.15. The third kappa shape index (κ3) is 4.90. The molecule has 2 rings (SSSR count). The molecule has 4 heteroatoms. The van der Waals surface area contributed by atoms with E-state index in [1.54, 1.807) is 0 Å². The van der Waals surface area contributed by atoms with Gasteiger partial charge in [-0.2, -0.15) is 11.8 Å².